The third kappa shape index (κ3) is 4.79. The molecule has 1 aliphatic heterocycles. The number of carbonyl (C=O) groups is 1. The van der Waals surface area contributed by atoms with Crippen LogP contribution in [0.15, 0.2) is 24.4 Å². The number of nitrogens with zero attached hydrogens (tertiary/aromatic N) is 3. The van der Waals surface area contributed by atoms with Gasteiger partial charge >= 0.3 is 0 Å². The topological polar surface area (TPSA) is 70.6 Å². The van der Waals surface area contributed by atoms with E-state index in [0.717, 1.165) is 31.4 Å². The molecule has 1 atom stereocenters. The van der Waals surface area contributed by atoms with Gasteiger partial charge in [0.2, 0.25) is 15.9 Å². The normalized spacial score (nSPS) is 23.6. The van der Waals surface area contributed by atoms with Crippen molar-refractivity contribution >= 4 is 15.9 Å². The molecule has 1 saturated carbocycles. The van der Waals surface area contributed by atoms with Gasteiger partial charge in [-0.25, -0.2) is 12.7 Å². The summed E-state index contributed by atoms with van der Waals surface area (Å²) in [6, 6.07) is 5.77. The second-order valence-electron chi connectivity index (χ2n) is 7.28. The van der Waals surface area contributed by atoms with Gasteiger partial charge in [0.05, 0.1) is 6.26 Å². The zero-order valence-corrected chi connectivity index (χ0v) is 15.6. The highest BCUT2D eigenvalue weighted by Crippen LogP contribution is 2.28. The summed E-state index contributed by atoms with van der Waals surface area (Å²) in [7, 11) is -3.27. The van der Waals surface area contributed by atoms with Crippen LogP contribution < -0.4 is 0 Å². The van der Waals surface area contributed by atoms with E-state index in [-0.39, 0.29) is 17.7 Å². The first kappa shape index (κ1) is 18.3. The number of rotatable bonds is 4. The summed E-state index contributed by atoms with van der Waals surface area (Å²) in [6.45, 7) is 1.93. The molecule has 138 valence electrons. The van der Waals surface area contributed by atoms with Crippen LogP contribution in [0.25, 0.3) is 0 Å². The maximum atomic E-state index is 12.8. The molecule has 0 N–H and O–H groups in total. The average Bonchev–Trinajstić information content (AvgIpc) is 3.02. The number of hydrogen-bond acceptors (Lipinski definition) is 4. The molecule has 25 heavy (non-hydrogen) atoms. The first-order chi connectivity index (χ1) is 11.9. The van der Waals surface area contributed by atoms with Crippen LogP contribution in [0.3, 0.4) is 0 Å². The van der Waals surface area contributed by atoms with E-state index in [9.17, 15) is 13.2 Å². The van der Waals surface area contributed by atoms with Gasteiger partial charge in [-0.1, -0.05) is 18.9 Å². The molecule has 6 nitrogen and oxygen atoms in total. The van der Waals surface area contributed by atoms with Crippen molar-refractivity contribution in [1.82, 2.24) is 14.2 Å². The van der Waals surface area contributed by atoms with Gasteiger partial charge in [-0.15, -0.1) is 0 Å². The van der Waals surface area contributed by atoms with Crippen LogP contribution in [0.2, 0.25) is 0 Å². The Morgan fingerprint density at radius 2 is 1.96 bits per heavy atom. The second-order valence-corrected chi connectivity index (χ2v) is 9.26. The fourth-order valence-corrected chi connectivity index (χ4v) is 4.84. The van der Waals surface area contributed by atoms with Crippen LogP contribution in [0.1, 0.15) is 31.4 Å². The fourth-order valence-electron chi connectivity index (χ4n) is 3.95. The molecule has 0 aromatic carbocycles. The number of aromatic nitrogens is 1. The summed E-state index contributed by atoms with van der Waals surface area (Å²) in [4.78, 5) is 19.1. The lowest BCUT2D eigenvalue weighted by atomic mass is 10.0. The van der Waals surface area contributed by atoms with Gasteiger partial charge in [-0.05, 0) is 37.3 Å². The van der Waals surface area contributed by atoms with E-state index in [0.29, 0.717) is 32.6 Å². The Morgan fingerprint density at radius 1 is 1.20 bits per heavy atom. The summed E-state index contributed by atoms with van der Waals surface area (Å²) in [5, 5.41) is 0. The largest absolute Gasteiger partial charge is 0.341 e. The molecule has 1 aromatic rings. The first-order valence-corrected chi connectivity index (χ1v) is 10.9. The quantitative estimate of drug-likeness (QED) is 0.811. The van der Waals surface area contributed by atoms with Crippen molar-refractivity contribution in [3.05, 3.63) is 30.1 Å². The van der Waals surface area contributed by atoms with Crippen molar-refractivity contribution in [1.29, 1.82) is 0 Å². The molecule has 2 aliphatic rings. The Morgan fingerprint density at radius 3 is 2.60 bits per heavy atom. The lowest BCUT2D eigenvalue weighted by Gasteiger charge is -2.26. The van der Waals surface area contributed by atoms with Gasteiger partial charge in [0, 0.05) is 44.0 Å². The zero-order valence-electron chi connectivity index (χ0n) is 14.8. The highest BCUT2D eigenvalue weighted by molar-refractivity contribution is 7.88. The van der Waals surface area contributed by atoms with Gasteiger partial charge in [0.25, 0.3) is 0 Å². The Balaban J connectivity index is 1.76. The van der Waals surface area contributed by atoms with Gasteiger partial charge in [0.1, 0.15) is 0 Å². The molecule has 0 unspecified atom stereocenters. The predicted molar refractivity (Wildman–Crippen MR) is 96.4 cm³/mol. The Kier molecular flexibility index (Phi) is 5.74. The van der Waals surface area contributed by atoms with E-state index < -0.39 is 10.0 Å². The third-order valence-electron chi connectivity index (χ3n) is 5.27. The first-order valence-electron chi connectivity index (χ1n) is 9.07. The Labute approximate surface area is 150 Å². The van der Waals surface area contributed by atoms with Gasteiger partial charge < -0.3 is 4.90 Å². The van der Waals surface area contributed by atoms with Crippen LogP contribution >= 0.6 is 0 Å². The molecule has 3 rings (SSSR count). The van der Waals surface area contributed by atoms with Gasteiger partial charge in [0.15, 0.2) is 0 Å². The summed E-state index contributed by atoms with van der Waals surface area (Å²) in [5.41, 5.74) is 0.941. The van der Waals surface area contributed by atoms with Crippen molar-refractivity contribution in [2.45, 2.75) is 32.1 Å². The summed E-state index contributed by atoms with van der Waals surface area (Å²) in [5.74, 6) is 0.400. The van der Waals surface area contributed by atoms with E-state index in [1.54, 1.807) is 6.20 Å². The van der Waals surface area contributed by atoms with Crippen LogP contribution in [0, 0.1) is 11.8 Å². The molecule has 2 heterocycles. The highest BCUT2D eigenvalue weighted by Gasteiger charge is 2.33. The minimum atomic E-state index is -3.27. The molecular weight excluding hydrogens is 338 g/mol. The minimum Gasteiger partial charge on any atom is -0.341 e. The average molecular weight is 365 g/mol. The van der Waals surface area contributed by atoms with Crippen molar-refractivity contribution in [3.63, 3.8) is 0 Å². The standard InChI is InChI=1S/C18H27N3O3S/c1-25(23,24)21-11-10-20(18(22)16-6-2-3-7-16)13-15(14-21)12-17-8-4-5-9-19-17/h4-5,8-9,15-16H,2-3,6-7,10-14H2,1H3/t15-/m1/s1. The van der Waals surface area contributed by atoms with Crippen LogP contribution in [-0.4, -0.2) is 60.9 Å². The van der Waals surface area contributed by atoms with E-state index in [2.05, 4.69) is 4.98 Å². The molecule has 2 fully saturated rings. The van der Waals surface area contributed by atoms with Crippen molar-refractivity contribution in [2.75, 3.05) is 32.4 Å². The fraction of sp³-hybridized carbons (Fsp3) is 0.667. The van der Waals surface area contributed by atoms with Crippen LogP contribution in [-0.2, 0) is 21.2 Å². The molecule has 1 amide bonds. The smallest absolute Gasteiger partial charge is 0.225 e. The number of sulfonamides is 1. The molecule has 0 bridgehead atoms. The molecule has 7 heteroatoms. The number of hydrogen-bond donors (Lipinski definition) is 0. The Bertz CT molecular complexity index is 687. The number of amides is 1. The minimum absolute atomic E-state index is 0.0671. The maximum Gasteiger partial charge on any atom is 0.225 e. The van der Waals surface area contributed by atoms with Crippen LogP contribution in [0.4, 0.5) is 0 Å². The predicted octanol–water partition coefficient (Wildman–Crippen LogP) is 1.53. The van der Waals surface area contributed by atoms with E-state index in [1.165, 1.54) is 10.6 Å². The summed E-state index contributed by atoms with van der Waals surface area (Å²) >= 11 is 0. The van der Waals surface area contributed by atoms with E-state index in [4.69, 9.17) is 0 Å². The monoisotopic (exact) mass is 365 g/mol. The van der Waals surface area contributed by atoms with Crippen molar-refractivity contribution in [2.24, 2.45) is 11.8 Å². The zero-order chi connectivity index (χ0) is 17.9. The SMILES string of the molecule is CS(=O)(=O)N1CCN(C(=O)C2CCCC2)C[C@@H](Cc2ccccn2)C1. The van der Waals surface area contributed by atoms with Crippen LogP contribution in [0.5, 0.6) is 0 Å². The second kappa shape index (κ2) is 7.83. The number of pyridine rings is 1. The molecule has 1 saturated heterocycles. The lowest BCUT2D eigenvalue weighted by Crippen LogP contribution is -2.40. The molecular formula is C18H27N3O3S. The van der Waals surface area contributed by atoms with E-state index >= 15 is 0 Å². The highest BCUT2D eigenvalue weighted by atomic mass is 32.2. The summed E-state index contributed by atoms with van der Waals surface area (Å²) in [6.07, 6.45) is 7.86. The van der Waals surface area contributed by atoms with E-state index in [1.807, 2.05) is 23.1 Å². The number of carbonyl (C=O) groups excluding carboxylic acids is 1. The third-order valence-corrected chi connectivity index (χ3v) is 6.54. The summed E-state index contributed by atoms with van der Waals surface area (Å²) < 4.78 is 25.7. The van der Waals surface area contributed by atoms with Gasteiger partial charge in [-0.3, -0.25) is 9.78 Å². The maximum absolute atomic E-state index is 12.8. The molecule has 0 radical (unpaired) electrons. The van der Waals surface area contributed by atoms with Gasteiger partial charge in [-0.2, -0.15) is 0 Å². The van der Waals surface area contributed by atoms with Crippen molar-refractivity contribution < 1.29 is 13.2 Å². The lowest BCUT2D eigenvalue weighted by molar-refractivity contribution is -0.135. The van der Waals surface area contributed by atoms with Crippen molar-refractivity contribution in [3.8, 4) is 0 Å². The molecule has 0 spiro atoms. The molecule has 1 aromatic heterocycles. The Hall–Kier alpha value is -1.47. The molecule has 1 aliphatic carbocycles.